The van der Waals surface area contributed by atoms with Crippen LogP contribution in [-0.4, -0.2) is 25.2 Å². The van der Waals surface area contributed by atoms with Crippen molar-refractivity contribution in [2.75, 3.05) is 7.11 Å². The molecule has 1 N–H and O–H groups in total. The summed E-state index contributed by atoms with van der Waals surface area (Å²) in [6.45, 7) is 1.73. The Morgan fingerprint density at radius 3 is 2.48 bits per heavy atom. The van der Waals surface area contributed by atoms with Crippen molar-refractivity contribution < 1.29 is 22.7 Å². The normalized spacial score (nSPS) is 21.7. The maximum Gasteiger partial charge on any atom is 0.393 e. The first-order valence-electron chi connectivity index (χ1n) is 9.24. The van der Waals surface area contributed by atoms with Crippen LogP contribution in [0.1, 0.15) is 44.1 Å². The van der Waals surface area contributed by atoms with Crippen LogP contribution in [0.15, 0.2) is 36.4 Å². The van der Waals surface area contributed by atoms with Gasteiger partial charge in [0.2, 0.25) is 5.91 Å². The largest absolute Gasteiger partial charge is 0.497 e. The van der Waals surface area contributed by atoms with Crippen LogP contribution in [0.5, 0.6) is 5.75 Å². The number of amides is 1. The van der Waals surface area contributed by atoms with Gasteiger partial charge in [-0.3, -0.25) is 4.79 Å². The summed E-state index contributed by atoms with van der Waals surface area (Å²) in [6, 6.07) is 10.5. The van der Waals surface area contributed by atoms with E-state index in [1.807, 2.05) is 36.4 Å². The highest BCUT2D eigenvalue weighted by Gasteiger charge is 2.46. The molecule has 1 aliphatic carbocycles. The summed E-state index contributed by atoms with van der Waals surface area (Å²) >= 11 is 0. The molecule has 0 bridgehead atoms. The van der Waals surface area contributed by atoms with Gasteiger partial charge in [0.05, 0.1) is 18.9 Å². The van der Waals surface area contributed by atoms with Gasteiger partial charge < -0.3 is 10.1 Å². The topological polar surface area (TPSA) is 38.3 Å². The fourth-order valence-electron chi connectivity index (χ4n) is 3.79. The average Bonchev–Trinajstić information content (AvgIpc) is 2.66. The quantitative estimate of drug-likeness (QED) is 0.794. The van der Waals surface area contributed by atoms with Crippen molar-refractivity contribution in [2.24, 2.45) is 5.92 Å². The second-order valence-electron chi connectivity index (χ2n) is 7.24. The Morgan fingerprint density at radius 1 is 1.11 bits per heavy atom. The molecule has 3 rings (SSSR count). The SMILES string of the molecule is COc1ccc2cc([C@H](C)C(=O)N[C@@H]3CCCC[C@@H]3C(F)(F)F)ccc2c1. The number of hydrogen-bond acceptors (Lipinski definition) is 2. The van der Waals surface area contributed by atoms with E-state index >= 15 is 0 Å². The molecule has 6 heteroatoms. The van der Waals surface area contributed by atoms with E-state index in [1.54, 1.807) is 14.0 Å². The average molecular weight is 379 g/mol. The van der Waals surface area contributed by atoms with E-state index < -0.39 is 24.1 Å². The zero-order valence-electron chi connectivity index (χ0n) is 15.5. The van der Waals surface area contributed by atoms with Gasteiger partial charge in [-0.15, -0.1) is 0 Å². The Hall–Kier alpha value is -2.24. The number of rotatable bonds is 4. The number of benzene rings is 2. The lowest BCUT2D eigenvalue weighted by atomic mass is 9.83. The Kier molecular flexibility index (Phi) is 5.63. The van der Waals surface area contributed by atoms with Crippen LogP contribution in [-0.2, 0) is 4.79 Å². The van der Waals surface area contributed by atoms with Crippen molar-refractivity contribution in [3.05, 3.63) is 42.0 Å². The molecule has 1 amide bonds. The van der Waals surface area contributed by atoms with Crippen LogP contribution < -0.4 is 10.1 Å². The molecule has 0 saturated heterocycles. The van der Waals surface area contributed by atoms with Gasteiger partial charge in [0.15, 0.2) is 0 Å². The molecule has 3 atom stereocenters. The molecular formula is C21H24F3NO2. The molecule has 3 nitrogen and oxygen atoms in total. The minimum absolute atomic E-state index is 0.0840. The summed E-state index contributed by atoms with van der Waals surface area (Å²) < 4.78 is 44.9. The van der Waals surface area contributed by atoms with E-state index in [0.29, 0.717) is 19.3 Å². The second kappa shape index (κ2) is 7.79. The number of ether oxygens (including phenoxy) is 1. The predicted octanol–water partition coefficient (Wildman–Crippen LogP) is 5.19. The molecule has 0 spiro atoms. The third-order valence-electron chi connectivity index (χ3n) is 5.48. The number of carbonyl (C=O) groups is 1. The van der Waals surface area contributed by atoms with Gasteiger partial charge in [0.1, 0.15) is 5.75 Å². The molecular weight excluding hydrogens is 355 g/mol. The van der Waals surface area contributed by atoms with Gasteiger partial charge in [-0.2, -0.15) is 13.2 Å². The van der Waals surface area contributed by atoms with Crippen molar-refractivity contribution in [3.8, 4) is 5.75 Å². The first-order valence-corrected chi connectivity index (χ1v) is 9.24. The zero-order chi connectivity index (χ0) is 19.6. The van der Waals surface area contributed by atoms with Crippen LogP contribution >= 0.6 is 0 Å². The van der Waals surface area contributed by atoms with Crippen molar-refractivity contribution in [1.82, 2.24) is 5.32 Å². The van der Waals surface area contributed by atoms with Gasteiger partial charge in [0.25, 0.3) is 0 Å². The number of carbonyl (C=O) groups excluding carboxylic acids is 1. The Bertz CT molecular complexity index is 819. The zero-order valence-corrected chi connectivity index (χ0v) is 15.5. The molecule has 2 aromatic rings. The number of fused-ring (bicyclic) bond motifs is 1. The van der Waals surface area contributed by atoms with Gasteiger partial charge in [-0.1, -0.05) is 37.1 Å². The molecule has 0 unspecified atom stereocenters. The van der Waals surface area contributed by atoms with Gasteiger partial charge >= 0.3 is 6.18 Å². The molecule has 1 fully saturated rings. The number of hydrogen-bond donors (Lipinski definition) is 1. The van der Waals surface area contributed by atoms with Crippen molar-refractivity contribution in [3.63, 3.8) is 0 Å². The van der Waals surface area contributed by atoms with Gasteiger partial charge in [-0.25, -0.2) is 0 Å². The Labute approximate surface area is 156 Å². The van der Waals surface area contributed by atoms with Crippen LogP contribution in [0.3, 0.4) is 0 Å². The minimum Gasteiger partial charge on any atom is -0.497 e. The van der Waals surface area contributed by atoms with Crippen molar-refractivity contribution in [2.45, 2.75) is 50.7 Å². The first-order chi connectivity index (χ1) is 12.8. The summed E-state index contributed by atoms with van der Waals surface area (Å²) in [7, 11) is 1.60. The summed E-state index contributed by atoms with van der Waals surface area (Å²) in [5.74, 6) is -1.58. The molecule has 0 aromatic heterocycles. The highest BCUT2D eigenvalue weighted by molar-refractivity contribution is 5.88. The minimum atomic E-state index is -4.27. The van der Waals surface area contributed by atoms with Crippen molar-refractivity contribution in [1.29, 1.82) is 0 Å². The van der Waals surface area contributed by atoms with E-state index in [2.05, 4.69) is 5.32 Å². The van der Waals surface area contributed by atoms with E-state index in [4.69, 9.17) is 4.74 Å². The number of nitrogens with one attached hydrogen (secondary N) is 1. The number of halogens is 3. The number of methoxy groups -OCH3 is 1. The third-order valence-corrected chi connectivity index (χ3v) is 5.48. The Morgan fingerprint density at radius 2 is 1.78 bits per heavy atom. The molecule has 0 heterocycles. The predicted molar refractivity (Wildman–Crippen MR) is 98.9 cm³/mol. The van der Waals surface area contributed by atoms with Gasteiger partial charge in [0, 0.05) is 6.04 Å². The van der Waals surface area contributed by atoms with Crippen molar-refractivity contribution >= 4 is 16.7 Å². The molecule has 0 radical (unpaired) electrons. The molecule has 0 aliphatic heterocycles. The highest BCUT2D eigenvalue weighted by Crippen LogP contribution is 2.38. The lowest BCUT2D eigenvalue weighted by Crippen LogP contribution is -2.48. The fourth-order valence-corrected chi connectivity index (χ4v) is 3.79. The fraction of sp³-hybridized carbons (Fsp3) is 0.476. The maximum absolute atomic E-state index is 13.2. The molecule has 1 aliphatic rings. The van der Waals surface area contributed by atoms with E-state index in [0.717, 1.165) is 22.1 Å². The molecule has 1 saturated carbocycles. The van der Waals surface area contributed by atoms with Crippen LogP contribution in [0.25, 0.3) is 10.8 Å². The lowest BCUT2D eigenvalue weighted by molar-refractivity contribution is -0.189. The van der Waals surface area contributed by atoms with Crippen LogP contribution in [0.4, 0.5) is 13.2 Å². The summed E-state index contributed by atoms with van der Waals surface area (Å²) in [5.41, 5.74) is 0.782. The standard InChI is InChI=1S/C21H24F3NO2/c1-13(14-7-8-16-12-17(27-2)10-9-15(16)11-14)20(26)25-19-6-4-3-5-18(19)21(22,23)24/h7-13,18-19H,3-6H2,1-2H3,(H,25,26)/t13-,18-,19+/m0/s1. The molecule has 2 aromatic carbocycles. The van der Waals surface area contributed by atoms with Gasteiger partial charge in [-0.05, 0) is 48.2 Å². The first kappa shape index (κ1) is 19.5. The number of alkyl halides is 3. The van der Waals surface area contributed by atoms with E-state index in [9.17, 15) is 18.0 Å². The molecule has 146 valence electrons. The Balaban J connectivity index is 1.75. The van der Waals surface area contributed by atoms with E-state index in [-0.39, 0.29) is 12.3 Å². The lowest BCUT2D eigenvalue weighted by Gasteiger charge is -2.34. The summed E-state index contributed by atoms with van der Waals surface area (Å²) in [6.07, 6.45) is -2.55. The summed E-state index contributed by atoms with van der Waals surface area (Å²) in [4.78, 5) is 12.6. The second-order valence-corrected chi connectivity index (χ2v) is 7.24. The summed E-state index contributed by atoms with van der Waals surface area (Å²) in [5, 5.41) is 4.60. The molecule has 27 heavy (non-hydrogen) atoms. The van der Waals surface area contributed by atoms with E-state index in [1.165, 1.54) is 0 Å². The monoisotopic (exact) mass is 379 g/mol. The van der Waals surface area contributed by atoms with Crippen LogP contribution in [0, 0.1) is 5.92 Å². The smallest absolute Gasteiger partial charge is 0.393 e. The highest BCUT2D eigenvalue weighted by atomic mass is 19.4. The third kappa shape index (κ3) is 4.37. The van der Waals surface area contributed by atoms with Crippen LogP contribution in [0.2, 0.25) is 0 Å². The maximum atomic E-state index is 13.2.